The molecule has 0 radical (unpaired) electrons. The Morgan fingerprint density at radius 2 is 1.17 bits per heavy atom. The molecular weight excluding hydrogens is 428 g/mol. The normalized spacial score (nSPS) is 17.3. The molecule has 0 amide bonds. The molecule has 0 saturated heterocycles. The maximum absolute atomic E-state index is 5.54. The summed E-state index contributed by atoms with van der Waals surface area (Å²) in [7, 11) is 3.45. The Bertz CT molecular complexity index is 1280. The molecule has 1 unspecified atom stereocenters. The lowest BCUT2D eigenvalue weighted by molar-refractivity contribution is 0.384. The van der Waals surface area contributed by atoms with Crippen LogP contribution in [0.5, 0.6) is 11.5 Å². The molecule has 0 saturated carbocycles. The zero-order chi connectivity index (χ0) is 24.7. The highest BCUT2D eigenvalue weighted by atomic mass is 16.5. The molecule has 0 aliphatic heterocycles. The lowest BCUT2D eigenvalue weighted by Gasteiger charge is -2.46. The average Bonchev–Trinajstić information content (AvgIpc) is 3.52. The van der Waals surface area contributed by atoms with Crippen LogP contribution < -0.4 is 9.47 Å². The predicted octanol–water partition coefficient (Wildman–Crippen LogP) is 7.94. The van der Waals surface area contributed by atoms with Crippen molar-refractivity contribution in [2.45, 2.75) is 39.0 Å². The van der Waals surface area contributed by atoms with Crippen LogP contribution in [0, 0.1) is 19.8 Å². The van der Waals surface area contributed by atoms with Gasteiger partial charge in [-0.15, -0.1) is 0 Å². The molecule has 2 aliphatic rings. The molecule has 2 nitrogen and oxygen atoms in total. The first-order valence-corrected chi connectivity index (χ1v) is 12.3. The quantitative estimate of drug-likeness (QED) is 0.370. The van der Waals surface area contributed by atoms with E-state index in [-0.39, 0.29) is 17.3 Å². The van der Waals surface area contributed by atoms with Crippen molar-refractivity contribution in [3.8, 4) is 11.5 Å². The molecule has 2 aliphatic carbocycles. The van der Waals surface area contributed by atoms with Gasteiger partial charge in [0, 0.05) is 17.3 Å². The highest BCUT2D eigenvalue weighted by Gasteiger charge is 2.51. The summed E-state index contributed by atoms with van der Waals surface area (Å²) in [6.07, 6.45) is 9.11. The molecule has 3 aromatic rings. The minimum absolute atomic E-state index is 0.191. The topological polar surface area (TPSA) is 18.5 Å². The van der Waals surface area contributed by atoms with Crippen LogP contribution in [0.2, 0.25) is 0 Å². The maximum atomic E-state index is 5.54. The first-order chi connectivity index (χ1) is 16.9. The smallest absolute Gasteiger partial charge is 0.118 e. The fourth-order valence-corrected chi connectivity index (χ4v) is 6.30. The van der Waals surface area contributed by atoms with E-state index in [1.165, 1.54) is 44.5 Å². The number of hydrogen-bond donors (Lipinski definition) is 0. The van der Waals surface area contributed by atoms with Crippen molar-refractivity contribution in [3.63, 3.8) is 0 Å². The molecule has 0 N–H and O–H groups in total. The second-order valence-corrected chi connectivity index (χ2v) is 9.83. The minimum Gasteiger partial charge on any atom is -0.497 e. The number of allylic oxidation sites excluding steroid dienone is 6. The fourth-order valence-electron chi connectivity index (χ4n) is 6.30. The van der Waals surface area contributed by atoms with Gasteiger partial charge in [-0.3, -0.25) is 0 Å². The van der Waals surface area contributed by atoms with Gasteiger partial charge in [-0.2, -0.15) is 0 Å². The molecule has 3 aromatic carbocycles. The van der Waals surface area contributed by atoms with E-state index < -0.39 is 0 Å². The van der Waals surface area contributed by atoms with Crippen LogP contribution in [-0.2, 0) is 5.41 Å². The summed E-state index contributed by atoms with van der Waals surface area (Å²) >= 11 is 0. The molecule has 0 bridgehead atoms. The summed E-state index contributed by atoms with van der Waals surface area (Å²) in [6.45, 7) is 9.14. The molecule has 5 rings (SSSR count). The second kappa shape index (κ2) is 8.92. The fraction of sp³-hybridized carbons (Fsp3) is 0.273. The number of methoxy groups -OCH3 is 2. The molecule has 35 heavy (non-hydrogen) atoms. The van der Waals surface area contributed by atoms with Crippen LogP contribution >= 0.6 is 0 Å². The van der Waals surface area contributed by atoms with Crippen molar-refractivity contribution in [1.29, 1.82) is 0 Å². The Morgan fingerprint density at radius 1 is 0.657 bits per heavy atom. The SMILES string of the molecule is COc1ccc(C(c2ccc(OC)cc2)(C2C=CC=C2)C2C(C)=C(C)c3ccc(C)c(C)c32)cc1. The third-order valence-electron chi connectivity index (χ3n) is 8.37. The summed E-state index contributed by atoms with van der Waals surface area (Å²) in [6, 6.07) is 22.0. The Kier molecular flexibility index (Phi) is 5.92. The van der Waals surface area contributed by atoms with Crippen LogP contribution in [0.25, 0.3) is 5.57 Å². The Morgan fingerprint density at radius 3 is 1.66 bits per heavy atom. The number of benzene rings is 3. The molecule has 0 spiro atoms. The van der Waals surface area contributed by atoms with Crippen molar-refractivity contribution < 1.29 is 9.47 Å². The van der Waals surface area contributed by atoms with E-state index in [4.69, 9.17) is 9.47 Å². The number of hydrogen-bond acceptors (Lipinski definition) is 2. The third kappa shape index (κ3) is 3.46. The first kappa shape index (κ1) is 23.2. The highest BCUT2D eigenvalue weighted by molar-refractivity contribution is 5.80. The van der Waals surface area contributed by atoms with Crippen LogP contribution in [0.4, 0.5) is 0 Å². The largest absolute Gasteiger partial charge is 0.497 e. The van der Waals surface area contributed by atoms with E-state index in [0.717, 1.165) is 11.5 Å². The summed E-state index contributed by atoms with van der Waals surface area (Å²) in [5, 5.41) is 0. The number of aryl methyl sites for hydroxylation is 1. The van der Waals surface area contributed by atoms with Gasteiger partial charge in [-0.25, -0.2) is 0 Å². The van der Waals surface area contributed by atoms with Gasteiger partial charge in [-0.05, 0) is 90.9 Å². The van der Waals surface area contributed by atoms with Gasteiger partial charge in [-0.1, -0.05) is 66.3 Å². The summed E-state index contributed by atoms with van der Waals surface area (Å²) in [5.74, 6) is 2.13. The molecule has 0 fully saturated rings. The lowest BCUT2D eigenvalue weighted by Crippen LogP contribution is -2.41. The zero-order valence-corrected chi connectivity index (χ0v) is 21.6. The van der Waals surface area contributed by atoms with Crippen molar-refractivity contribution in [1.82, 2.24) is 0 Å². The number of ether oxygens (including phenoxy) is 2. The highest BCUT2D eigenvalue weighted by Crippen LogP contribution is 2.60. The zero-order valence-electron chi connectivity index (χ0n) is 21.6. The van der Waals surface area contributed by atoms with Crippen LogP contribution in [-0.4, -0.2) is 14.2 Å². The summed E-state index contributed by atoms with van der Waals surface area (Å²) in [5.41, 5.74) is 10.6. The molecule has 2 heteroatoms. The Balaban J connectivity index is 1.89. The first-order valence-electron chi connectivity index (χ1n) is 12.3. The van der Waals surface area contributed by atoms with E-state index >= 15 is 0 Å². The van der Waals surface area contributed by atoms with Gasteiger partial charge < -0.3 is 9.47 Å². The molecular formula is C33H34O2. The van der Waals surface area contributed by atoms with Crippen molar-refractivity contribution in [2.75, 3.05) is 14.2 Å². The number of fused-ring (bicyclic) bond motifs is 1. The van der Waals surface area contributed by atoms with Gasteiger partial charge in [0.15, 0.2) is 0 Å². The van der Waals surface area contributed by atoms with Gasteiger partial charge in [0.1, 0.15) is 11.5 Å². The molecule has 178 valence electrons. The van der Waals surface area contributed by atoms with Gasteiger partial charge in [0.05, 0.1) is 14.2 Å². The van der Waals surface area contributed by atoms with E-state index in [2.05, 4.69) is 113 Å². The van der Waals surface area contributed by atoms with Gasteiger partial charge in [0.25, 0.3) is 0 Å². The standard InChI is InChI=1S/C33H34O2/c1-21-11-20-30-23(3)24(4)32(31(30)22(21)2)33(25-9-7-8-10-25,26-12-16-28(34-5)17-13-26)27-14-18-29(35-6)19-15-27/h7-20,25,32H,1-6H3. The third-order valence-corrected chi connectivity index (χ3v) is 8.37. The van der Waals surface area contributed by atoms with Crippen molar-refractivity contribution in [3.05, 3.63) is 124 Å². The molecule has 0 aromatic heterocycles. The maximum Gasteiger partial charge on any atom is 0.118 e. The molecule has 0 heterocycles. The van der Waals surface area contributed by atoms with Crippen molar-refractivity contribution >= 4 is 5.57 Å². The number of rotatable bonds is 6. The van der Waals surface area contributed by atoms with Crippen LogP contribution in [0.1, 0.15) is 53.1 Å². The monoisotopic (exact) mass is 462 g/mol. The van der Waals surface area contributed by atoms with E-state index in [9.17, 15) is 0 Å². The second-order valence-electron chi connectivity index (χ2n) is 9.83. The summed E-state index contributed by atoms with van der Waals surface area (Å²) in [4.78, 5) is 0. The Labute approximate surface area is 209 Å². The van der Waals surface area contributed by atoms with Crippen LogP contribution in [0.3, 0.4) is 0 Å². The van der Waals surface area contributed by atoms with Crippen LogP contribution in [0.15, 0.2) is 90.5 Å². The lowest BCUT2D eigenvalue weighted by atomic mass is 9.56. The summed E-state index contributed by atoms with van der Waals surface area (Å²) < 4.78 is 11.1. The van der Waals surface area contributed by atoms with Gasteiger partial charge >= 0.3 is 0 Å². The predicted molar refractivity (Wildman–Crippen MR) is 145 cm³/mol. The minimum atomic E-state index is -0.336. The van der Waals surface area contributed by atoms with E-state index in [1.54, 1.807) is 14.2 Å². The Hall–Kier alpha value is -3.52. The van der Waals surface area contributed by atoms with E-state index in [0.29, 0.717) is 0 Å². The van der Waals surface area contributed by atoms with Crippen molar-refractivity contribution in [2.24, 2.45) is 5.92 Å². The van der Waals surface area contributed by atoms with E-state index in [1.807, 2.05) is 0 Å². The van der Waals surface area contributed by atoms with Gasteiger partial charge in [0.2, 0.25) is 0 Å². The average molecular weight is 463 g/mol. The molecule has 1 atom stereocenters.